The quantitative estimate of drug-likeness (QED) is 0.343. The maximum Gasteiger partial charge on any atom is 0.111 e. The second-order valence-corrected chi connectivity index (χ2v) is 10.3. The van der Waals surface area contributed by atoms with Crippen molar-refractivity contribution in [2.45, 2.75) is 134 Å². The zero-order valence-corrected chi connectivity index (χ0v) is 19.2. The molecule has 29 heavy (non-hydrogen) atoms. The average molecular weight is 401 g/mol. The fraction of sp³-hybridized carbons (Fsp3) is 0.786. The van der Waals surface area contributed by atoms with Gasteiger partial charge in [0.15, 0.2) is 0 Å². The Balaban J connectivity index is 1.44. The largest absolute Gasteiger partial charge is 0.244 e. The van der Waals surface area contributed by atoms with Crippen LogP contribution in [0.4, 0.5) is 4.39 Å². The minimum atomic E-state index is -0.874. The molecule has 2 fully saturated rings. The van der Waals surface area contributed by atoms with Crippen LogP contribution in [-0.4, -0.2) is 5.67 Å². The first-order valence-corrected chi connectivity index (χ1v) is 12.9. The highest BCUT2D eigenvalue weighted by Crippen LogP contribution is 2.43. The SMILES string of the molecule is CCCCCC1(F)CCC(c2ccc([C@H]3CC[C@H](CCCCC)CC3)cc2)CC1. The van der Waals surface area contributed by atoms with Crippen molar-refractivity contribution < 1.29 is 4.39 Å². The Morgan fingerprint density at radius 3 is 1.79 bits per heavy atom. The maximum absolute atomic E-state index is 15.0. The highest BCUT2D eigenvalue weighted by molar-refractivity contribution is 5.28. The predicted molar refractivity (Wildman–Crippen MR) is 124 cm³/mol. The Labute approximate surface area is 180 Å². The van der Waals surface area contributed by atoms with Gasteiger partial charge < -0.3 is 0 Å². The number of benzene rings is 1. The lowest BCUT2D eigenvalue weighted by Gasteiger charge is -2.34. The zero-order chi connectivity index (χ0) is 20.5. The molecule has 0 nitrogen and oxygen atoms in total. The maximum atomic E-state index is 15.0. The molecule has 0 aliphatic heterocycles. The number of unbranched alkanes of at least 4 members (excludes halogenated alkanes) is 4. The van der Waals surface area contributed by atoms with Crippen LogP contribution in [0.25, 0.3) is 0 Å². The minimum absolute atomic E-state index is 0.577. The molecular formula is C28H45F. The summed E-state index contributed by atoms with van der Waals surface area (Å²) < 4.78 is 15.0. The Morgan fingerprint density at radius 2 is 1.24 bits per heavy atom. The first-order valence-electron chi connectivity index (χ1n) is 12.9. The molecule has 0 unspecified atom stereocenters. The summed E-state index contributed by atoms with van der Waals surface area (Å²) in [4.78, 5) is 0. The van der Waals surface area contributed by atoms with Crippen molar-refractivity contribution in [3.05, 3.63) is 35.4 Å². The van der Waals surface area contributed by atoms with E-state index in [1.54, 1.807) is 5.56 Å². The molecule has 1 heteroatoms. The van der Waals surface area contributed by atoms with Gasteiger partial charge in [-0.2, -0.15) is 0 Å². The molecule has 1 aromatic rings. The van der Waals surface area contributed by atoms with Crippen LogP contribution in [0.1, 0.15) is 140 Å². The predicted octanol–water partition coefficient (Wildman–Crippen LogP) is 9.49. The van der Waals surface area contributed by atoms with Crippen molar-refractivity contribution in [2.24, 2.45) is 5.92 Å². The van der Waals surface area contributed by atoms with E-state index in [2.05, 4.69) is 38.1 Å². The smallest absolute Gasteiger partial charge is 0.111 e. The molecule has 2 saturated carbocycles. The zero-order valence-electron chi connectivity index (χ0n) is 19.2. The topological polar surface area (TPSA) is 0 Å². The van der Waals surface area contributed by atoms with Crippen LogP contribution in [0.2, 0.25) is 0 Å². The first kappa shape index (κ1) is 22.8. The third-order valence-corrected chi connectivity index (χ3v) is 8.05. The van der Waals surface area contributed by atoms with E-state index in [0.29, 0.717) is 5.92 Å². The van der Waals surface area contributed by atoms with Crippen molar-refractivity contribution in [1.29, 1.82) is 0 Å². The molecule has 2 aliphatic carbocycles. The molecule has 0 aromatic heterocycles. The van der Waals surface area contributed by atoms with Crippen molar-refractivity contribution >= 4 is 0 Å². The van der Waals surface area contributed by atoms with Gasteiger partial charge in [0.2, 0.25) is 0 Å². The molecule has 0 radical (unpaired) electrons. The summed E-state index contributed by atoms with van der Waals surface area (Å²) >= 11 is 0. The van der Waals surface area contributed by atoms with E-state index in [4.69, 9.17) is 0 Å². The number of alkyl halides is 1. The van der Waals surface area contributed by atoms with Crippen molar-refractivity contribution in [2.75, 3.05) is 0 Å². The van der Waals surface area contributed by atoms with Gasteiger partial charge in [-0.1, -0.05) is 83.1 Å². The molecule has 0 saturated heterocycles. The van der Waals surface area contributed by atoms with Crippen molar-refractivity contribution in [1.82, 2.24) is 0 Å². The van der Waals surface area contributed by atoms with E-state index < -0.39 is 5.67 Å². The van der Waals surface area contributed by atoms with Gasteiger partial charge in [-0.25, -0.2) is 4.39 Å². The van der Waals surface area contributed by atoms with Gasteiger partial charge in [-0.15, -0.1) is 0 Å². The van der Waals surface area contributed by atoms with Gasteiger partial charge in [0.1, 0.15) is 5.67 Å². The first-order chi connectivity index (χ1) is 14.1. The van der Waals surface area contributed by atoms with Crippen LogP contribution in [0.5, 0.6) is 0 Å². The summed E-state index contributed by atoms with van der Waals surface area (Å²) in [6, 6.07) is 9.54. The minimum Gasteiger partial charge on any atom is -0.244 e. The van der Waals surface area contributed by atoms with Gasteiger partial charge in [-0.3, -0.25) is 0 Å². The number of rotatable bonds is 10. The second-order valence-electron chi connectivity index (χ2n) is 10.3. The summed E-state index contributed by atoms with van der Waals surface area (Å²) in [5.41, 5.74) is 2.13. The lowest BCUT2D eigenvalue weighted by Crippen LogP contribution is -2.28. The summed E-state index contributed by atoms with van der Waals surface area (Å²) in [5.74, 6) is 2.33. The van der Waals surface area contributed by atoms with Crippen LogP contribution >= 0.6 is 0 Å². The molecule has 0 heterocycles. The van der Waals surface area contributed by atoms with Crippen molar-refractivity contribution in [3.63, 3.8) is 0 Å². The molecule has 0 bridgehead atoms. The van der Waals surface area contributed by atoms with Crippen LogP contribution in [0.3, 0.4) is 0 Å². The van der Waals surface area contributed by atoms with Crippen LogP contribution in [0, 0.1) is 5.92 Å². The van der Waals surface area contributed by atoms with E-state index in [1.807, 2.05) is 0 Å². The normalized spacial score (nSPS) is 30.4. The van der Waals surface area contributed by atoms with Crippen LogP contribution in [0.15, 0.2) is 24.3 Å². The van der Waals surface area contributed by atoms with Gasteiger partial charge in [-0.05, 0) is 86.7 Å². The molecule has 1 aromatic carbocycles. The third kappa shape index (κ3) is 6.83. The lowest BCUT2D eigenvalue weighted by molar-refractivity contribution is 0.0851. The molecule has 2 aliphatic rings. The Hall–Kier alpha value is -0.850. The number of hydrogen-bond donors (Lipinski definition) is 0. The third-order valence-electron chi connectivity index (χ3n) is 8.05. The van der Waals surface area contributed by atoms with E-state index in [-0.39, 0.29) is 0 Å². The number of halogens is 1. The molecular weight excluding hydrogens is 355 g/mol. The van der Waals surface area contributed by atoms with Gasteiger partial charge in [0, 0.05) is 0 Å². The van der Waals surface area contributed by atoms with Crippen molar-refractivity contribution in [3.8, 4) is 0 Å². The van der Waals surface area contributed by atoms with Crippen LogP contribution in [-0.2, 0) is 0 Å². The number of hydrogen-bond acceptors (Lipinski definition) is 0. The Bertz CT molecular complexity index is 558. The summed E-state index contributed by atoms with van der Waals surface area (Å²) in [6.45, 7) is 4.50. The van der Waals surface area contributed by atoms with Gasteiger partial charge in [0.25, 0.3) is 0 Å². The highest BCUT2D eigenvalue weighted by Gasteiger charge is 2.35. The molecule has 0 amide bonds. The molecule has 3 rings (SSSR count). The summed E-state index contributed by atoms with van der Waals surface area (Å²) in [7, 11) is 0. The lowest BCUT2D eigenvalue weighted by atomic mass is 9.74. The molecule has 0 N–H and O–H groups in total. The van der Waals surface area contributed by atoms with E-state index in [9.17, 15) is 0 Å². The second kappa shape index (κ2) is 11.5. The standard InChI is InChI=1S/C28H45F/c1-3-5-7-9-23-10-12-24(13-11-23)25-14-16-26(17-15-25)27-18-21-28(29,22-19-27)20-8-6-4-2/h14-17,23-24,27H,3-13,18-22H2,1-2H3/t23-,24-,27?,28?. The van der Waals surface area contributed by atoms with Crippen LogP contribution < -0.4 is 0 Å². The monoisotopic (exact) mass is 400 g/mol. The summed E-state index contributed by atoms with van der Waals surface area (Å²) in [6.07, 6.45) is 19.1. The average Bonchev–Trinajstić information content (AvgIpc) is 2.75. The highest BCUT2D eigenvalue weighted by atomic mass is 19.1. The summed E-state index contributed by atoms with van der Waals surface area (Å²) in [5, 5.41) is 0. The molecule has 0 atom stereocenters. The molecule has 0 spiro atoms. The van der Waals surface area contributed by atoms with E-state index >= 15 is 4.39 Å². The fourth-order valence-corrected chi connectivity index (χ4v) is 5.92. The van der Waals surface area contributed by atoms with E-state index in [0.717, 1.165) is 50.4 Å². The van der Waals surface area contributed by atoms with E-state index in [1.165, 1.54) is 69.8 Å². The fourth-order valence-electron chi connectivity index (χ4n) is 5.92. The van der Waals surface area contributed by atoms with Gasteiger partial charge in [0.05, 0.1) is 0 Å². The van der Waals surface area contributed by atoms with Gasteiger partial charge >= 0.3 is 0 Å². The Morgan fingerprint density at radius 1 is 0.724 bits per heavy atom. The Kier molecular flexibility index (Phi) is 9.07. The molecule has 164 valence electrons.